The summed E-state index contributed by atoms with van der Waals surface area (Å²) in [5.74, 6) is -0.980. The minimum Gasteiger partial charge on any atom is -0.489 e. The average Bonchev–Trinajstić information content (AvgIpc) is 3.35. The minimum absolute atomic E-state index is 0.0238. The van der Waals surface area contributed by atoms with Crippen molar-refractivity contribution in [2.24, 2.45) is 5.73 Å². The third-order valence-electron chi connectivity index (χ3n) is 5.89. The lowest BCUT2D eigenvalue weighted by Gasteiger charge is -2.13. The van der Waals surface area contributed by atoms with Crippen molar-refractivity contribution in [3.8, 4) is 16.9 Å². The van der Waals surface area contributed by atoms with Crippen LogP contribution >= 0.6 is 0 Å². The summed E-state index contributed by atoms with van der Waals surface area (Å²) in [4.78, 5) is 12.3. The van der Waals surface area contributed by atoms with E-state index in [0.29, 0.717) is 46.4 Å². The summed E-state index contributed by atoms with van der Waals surface area (Å²) in [7, 11) is 1.58. The average molecular weight is 528 g/mol. The minimum atomic E-state index is -4.62. The molecule has 0 amide bonds. The Balaban J connectivity index is 1.60. The van der Waals surface area contributed by atoms with Gasteiger partial charge in [-0.05, 0) is 47.0 Å². The molecule has 4 rings (SSSR count). The van der Waals surface area contributed by atoms with Gasteiger partial charge >= 0.3 is 12.1 Å². The molecule has 1 heterocycles. The van der Waals surface area contributed by atoms with Gasteiger partial charge in [0.05, 0.1) is 13.0 Å². The highest BCUT2D eigenvalue weighted by molar-refractivity contribution is 5.93. The second-order valence-corrected chi connectivity index (χ2v) is 8.71. The Morgan fingerprint density at radius 3 is 2.55 bits per heavy atom. The highest BCUT2D eigenvalue weighted by Gasteiger charge is 2.35. The summed E-state index contributed by atoms with van der Waals surface area (Å²) in [6, 6.07) is 18.7. The number of methoxy groups -OCH3 is 1. The molecule has 4 aromatic rings. The summed E-state index contributed by atoms with van der Waals surface area (Å²) in [6.45, 7) is 1.11. The molecule has 0 fully saturated rings. The summed E-state index contributed by atoms with van der Waals surface area (Å²) >= 11 is 0. The van der Waals surface area contributed by atoms with Crippen LogP contribution in [0.1, 0.15) is 28.9 Å². The lowest BCUT2D eigenvalue weighted by atomic mass is 9.99. The number of fused-ring (bicyclic) bond motifs is 1. The van der Waals surface area contributed by atoms with Crippen LogP contribution in [0.5, 0.6) is 5.75 Å². The highest BCUT2D eigenvalue weighted by Crippen LogP contribution is 2.39. The SMILES string of the molecule is COCCCOC(=O)Cc1ccccc1OCc1cc(-c2cccc(CN)c2)c2oc(C(F)(F)F)cc2c1. The number of esters is 1. The second-order valence-electron chi connectivity index (χ2n) is 8.71. The molecule has 0 aliphatic heterocycles. The number of alkyl halides is 3. The molecule has 0 bridgehead atoms. The van der Waals surface area contributed by atoms with E-state index >= 15 is 0 Å². The first kappa shape index (κ1) is 27.2. The molecule has 38 heavy (non-hydrogen) atoms. The van der Waals surface area contributed by atoms with Crippen molar-refractivity contribution in [3.63, 3.8) is 0 Å². The quantitative estimate of drug-likeness (QED) is 0.183. The van der Waals surface area contributed by atoms with Crippen molar-refractivity contribution < 1.29 is 36.6 Å². The molecule has 6 nitrogen and oxygen atoms in total. The molecule has 0 radical (unpaired) electrons. The van der Waals surface area contributed by atoms with Gasteiger partial charge < -0.3 is 24.4 Å². The van der Waals surface area contributed by atoms with Gasteiger partial charge in [-0.2, -0.15) is 13.2 Å². The summed E-state index contributed by atoms with van der Waals surface area (Å²) in [6.07, 6.45) is -4.00. The smallest absolute Gasteiger partial charge is 0.449 e. The Labute approximate surface area is 218 Å². The van der Waals surface area contributed by atoms with Crippen LogP contribution in [0.25, 0.3) is 22.1 Å². The number of rotatable bonds is 11. The van der Waals surface area contributed by atoms with Gasteiger partial charge in [0.15, 0.2) is 0 Å². The van der Waals surface area contributed by atoms with Crippen molar-refractivity contribution >= 4 is 16.9 Å². The molecule has 0 aliphatic carbocycles. The molecule has 0 atom stereocenters. The van der Waals surface area contributed by atoms with Crippen molar-refractivity contribution in [2.45, 2.75) is 32.2 Å². The highest BCUT2D eigenvalue weighted by atomic mass is 19.4. The molecule has 0 spiro atoms. The zero-order chi connectivity index (χ0) is 27.1. The number of benzene rings is 3. The van der Waals surface area contributed by atoms with Gasteiger partial charge in [0.1, 0.15) is 17.9 Å². The van der Waals surface area contributed by atoms with Crippen LogP contribution in [0.2, 0.25) is 0 Å². The zero-order valence-electron chi connectivity index (χ0n) is 20.8. The molecule has 200 valence electrons. The van der Waals surface area contributed by atoms with Crippen LogP contribution in [-0.2, 0) is 40.0 Å². The predicted molar refractivity (Wildman–Crippen MR) is 136 cm³/mol. The van der Waals surface area contributed by atoms with Gasteiger partial charge in [0, 0.05) is 43.2 Å². The Bertz CT molecular complexity index is 1400. The normalized spacial score (nSPS) is 11.6. The first-order chi connectivity index (χ1) is 18.3. The molecule has 2 N–H and O–H groups in total. The number of furan rings is 1. The monoisotopic (exact) mass is 527 g/mol. The Kier molecular flexibility index (Phi) is 8.70. The number of carbonyl (C=O) groups excluding carboxylic acids is 1. The molecule has 0 unspecified atom stereocenters. The van der Waals surface area contributed by atoms with Gasteiger partial charge in [-0.25, -0.2) is 0 Å². The maximum atomic E-state index is 13.4. The molecule has 0 saturated carbocycles. The number of hydrogen-bond donors (Lipinski definition) is 1. The molecule has 0 saturated heterocycles. The van der Waals surface area contributed by atoms with E-state index in [0.717, 1.165) is 11.6 Å². The van der Waals surface area contributed by atoms with Crippen molar-refractivity contribution in [1.29, 1.82) is 0 Å². The maximum Gasteiger partial charge on any atom is 0.449 e. The van der Waals surface area contributed by atoms with Crippen LogP contribution < -0.4 is 10.5 Å². The van der Waals surface area contributed by atoms with Crippen LogP contribution in [0.4, 0.5) is 13.2 Å². The fourth-order valence-corrected chi connectivity index (χ4v) is 4.07. The van der Waals surface area contributed by atoms with Gasteiger partial charge in [-0.3, -0.25) is 4.79 Å². The lowest BCUT2D eigenvalue weighted by Crippen LogP contribution is -2.11. The number of para-hydroxylation sites is 1. The number of nitrogens with two attached hydrogens (primary N) is 1. The predicted octanol–water partition coefficient (Wildman–Crippen LogP) is 6.28. The lowest BCUT2D eigenvalue weighted by molar-refractivity contribution is -0.152. The summed E-state index contributed by atoms with van der Waals surface area (Å²) in [5.41, 5.74) is 9.20. The van der Waals surface area contributed by atoms with E-state index in [1.165, 1.54) is 0 Å². The van der Waals surface area contributed by atoms with Crippen LogP contribution in [0, 0.1) is 0 Å². The first-order valence-corrected chi connectivity index (χ1v) is 12.1. The molecule has 9 heteroatoms. The fraction of sp³-hybridized carbons (Fsp3) is 0.276. The summed E-state index contributed by atoms with van der Waals surface area (Å²) in [5, 5.41) is 0.305. The van der Waals surface area contributed by atoms with Crippen LogP contribution in [-0.4, -0.2) is 26.3 Å². The second kappa shape index (κ2) is 12.1. The third kappa shape index (κ3) is 6.73. The van der Waals surface area contributed by atoms with E-state index in [1.54, 1.807) is 55.6 Å². The van der Waals surface area contributed by atoms with E-state index in [2.05, 4.69) is 0 Å². The molecular weight excluding hydrogens is 499 g/mol. The van der Waals surface area contributed by atoms with E-state index in [9.17, 15) is 18.0 Å². The van der Waals surface area contributed by atoms with Gasteiger partial charge in [0.2, 0.25) is 5.76 Å². The Morgan fingerprint density at radius 2 is 1.79 bits per heavy atom. The zero-order valence-corrected chi connectivity index (χ0v) is 20.8. The van der Waals surface area contributed by atoms with Gasteiger partial charge in [0.25, 0.3) is 0 Å². The fourth-order valence-electron chi connectivity index (χ4n) is 4.07. The maximum absolute atomic E-state index is 13.4. The number of halogens is 3. The molecule has 1 aromatic heterocycles. The number of ether oxygens (including phenoxy) is 3. The molecular formula is C29H28F3NO5. The largest absolute Gasteiger partial charge is 0.489 e. The van der Waals surface area contributed by atoms with Gasteiger partial charge in [-0.1, -0.05) is 36.4 Å². The first-order valence-electron chi connectivity index (χ1n) is 12.1. The third-order valence-corrected chi connectivity index (χ3v) is 5.89. The Morgan fingerprint density at radius 1 is 0.974 bits per heavy atom. The van der Waals surface area contributed by atoms with E-state index in [4.69, 9.17) is 24.4 Å². The summed E-state index contributed by atoms with van der Waals surface area (Å²) < 4.78 is 61.8. The topological polar surface area (TPSA) is 83.9 Å². The van der Waals surface area contributed by atoms with Gasteiger partial charge in [-0.15, -0.1) is 0 Å². The molecule has 3 aromatic carbocycles. The van der Waals surface area contributed by atoms with E-state index in [1.807, 2.05) is 12.1 Å². The molecule has 0 aliphatic rings. The number of hydrogen-bond acceptors (Lipinski definition) is 6. The van der Waals surface area contributed by atoms with Crippen LogP contribution in [0.3, 0.4) is 0 Å². The number of carbonyl (C=O) groups is 1. The van der Waals surface area contributed by atoms with E-state index < -0.39 is 17.9 Å². The Hall–Kier alpha value is -3.82. The van der Waals surface area contributed by atoms with Crippen molar-refractivity contribution in [1.82, 2.24) is 0 Å². The standard InChI is InChI=1S/C29H28F3NO5/c1-35-10-5-11-36-27(34)16-22-7-2-3-9-25(22)37-18-20-13-23-15-26(29(30,31)32)38-28(23)24(14-20)21-8-4-6-19(12-21)17-33/h2-4,6-9,12-15H,5,10-11,16-18,33H2,1H3. The van der Waals surface area contributed by atoms with Crippen molar-refractivity contribution in [2.75, 3.05) is 20.3 Å². The van der Waals surface area contributed by atoms with Crippen LogP contribution in [0.15, 0.2) is 71.1 Å². The van der Waals surface area contributed by atoms with E-state index in [-0.39, 0.29) is 31.8 Å². The van der Waals surface area contributed by atoms with Crippen molar-refractivity contribution in [3.05, 3.63) is 89.2 Å².